The Hall–Kier alpha value is -2.86. The molecular weight excluding hydrogens is 336 g/mol. The SMILES string of the molecule is O=C(NCc1ccnc(-c2ccsc2)c1)C1COc2ccccc2O1. The standard InChI is InChI=1S/C19H16N2O3S/c22-19(18-11-23-16-3-1-2-4-17(16)24-18)21-10-13-5-7-20-15(9-13)14-6-8-25-12-14/h1-9,12,18H,10-11H2,(H,21,22). The van der Waals surface area contributed by atoms with Gasteiger partial charge >= 0.3 is 0 Å². The quantitative estimate of drug-likeness (QED) is 0.783. The maximum atomic E-state index is 12.4. The van der Waals surface area contributed by atoms with Crippen molar-refractivity contribution >= 4 is 17.2 Å². The monoisotopic (exact) mass is 352 g/mol. The summed E-state index contributed by atoms with van der Waals surface area (Å²) in [6.07, 6.45) is 1.11. The molecule has 3 heterocycles. The number of carbonyl (C=O) groups is 1. The highest BCUT2D eigenvalue weighted by molar-refractivity contribution is 7.08. The van der Waals surface area contributed by atoms with Crippen LogP contribution in [0.3, 0.4) is 0 Å². The first-order valence-corrected chi connectivity index (χ1v) is 8.87. The highest BCUT2D eigenvalue weighted by Gasteiger charge is 2.26. The summed E-state index contributed by atoms with van der Waals surface area (Å²) >= 11 is 1.63. The van der Waals surface area contributed by atoms with E-state index in [1.165, 1.54) is 0 Å². The van der Waals surface area contributed by atoms with Gasteiger partial charge in [-0.05, 0) is 41.3 Å². The Labute approximate surface area is 149 Å². The molecule has 5 nitrogen and oxygen atoms in total. The summed E-state index contributed by atoms with van der Waals surface area (Å²) in [5.74, 6) is 1.07. The van der Waals surface area contributed by atoms with Crippen LogP contribution in [0.1, 0.15) is 5.56 Å². The van der Waals surface area contributed by atoms with Gasteiger partial charge in [0.25, 0.3) is 5.91 Å². The van der Waals surface area contributed by atoms with Gasteiger partial charge in [0.2, 0.25) is 6.10 Å². The lowest BCUT2D eigenvalue weighted by molar-refractivity contribution is -0.130. The van der Waals surface area contributed by atoms with Crippen molar-refractivity contribution < 1.29 is 14.3 Å². The van der Waals surface area contributed by atoms with Crippen LogP contribution in [-0.4, -0.2) is 23.6 Å². The summed E-state index contributed by atoms with van der Waals surface area (Å²) in [6.45, 7) is 0.624. The van der Waals surface area contributed by atoms with Crippen LogP contribution in [0.25, 0.3) is 11.3 Å². The summed E-state index contributed by atoms with van der Waals surface area (Å²) < 4.78 is 11.3. The number of hydrogen-bond acceptors (Lipinski definition) is 5. The van der Waals surface area contributed by atoms with Crippen LogP contribution in [0.15, 0.2) is 59.4 Å². The zero-order chi connectivity index (χ0) is 17.1. The van der Waals surface area contributed by atoms with E-state index in [0.717, 1.165) is 16.8 Å². The third kappa shape index (κ3) is 3.49. The van der Waals surface area contributed by atoms with Crippen LogP contribution in [0.2, 0.25) is 0 Å². The van der Waals surface area contributed by atoms with Gasteiger partial charge in [0.1, 0.15) is 6.61 Å². The number of benzene rings is 1. The Morgan fingerprint density at radius 3 is 2.96 bits per heavy atom. The molecule has 4 rings (SSSR count). The van der Waals surface area contributed by atoms with E-state index in [1.54, 1.807) is 23.6 Å². The van der Waals surface area contributed by atoms with Gasteiger partial charge in [0.05, 0.1) is 5.69 Å². The van der Waals surface area contributed by atoms with Crippen LogP contribution >= 0.6 is 11.3 Å². The zero-order valence-corrected chi connectivity index (χ0v) is 14.2. The fraction of sp³-hybridized carbons (Fsp3) is 0.158. The lowest BCUT2D eigenvalue weighted by Gasteiger charge is -2.25. The van der Waals surface area contributed by atoms with Crippen LogP contribution in [0, 0.1) is 0 Å². The number of hydrogen-bond donors (Lipinski definition) is 1. The molecule has 0 saturated carbocycles. The maximum absolute atomic E-state index is 12.4. The second kappa shape index (κ2) is 6.94. The van der Waals surface area contributed by atoms with Gasteiger partial charge in [-0.2, -0.15) is 11.3 Å². The first-order chi connectivity index (χ1) is 12.3. The van der Waals surface area contributed by atoms with Gasteiger partial charge in [0, 0.05) is 23.7 Å². The maximum Gasteiger partial charge on any atom is 0.264 e. The summed E-state index contributed by atoms with van der Waals surface area (Å²) in [7, 11) is 0. The molecule has 126 valence electrons. The van der Waals surface area contributed by atoms with E-state index in [4.69, 9.17) is 9.47 Å². The summed E-state index contributed by atoms with van der Waals surface area (Å²) in [5, 5.41) is 6.97. The molecule has 1 aliphatic heterocycles. The van der Waals surface area contributed by atoms with Crippen molar-refractivity contribution in [2.75, 3.05) is 6.61 Å². The van der Waals surface area contributed by atoms with Crippen LogP contribution < -0.4 is 14.8 Å². The molecule has 0 bridgehead atoms. The topological polar surface area (TPSA) is 60.5 Å². The third-order valence-electron chi connectivity index (χ3n) is 3.91. The molecule has 0 aliphatic carbocycles. The van der Waals surface area contributed by atoms with Crippen molar-refractivity contribution in [3.63, 3.8) is 0 Å². The molecule has 1 aliphatic rings. The number of fused-ring (bicyclic) bond motifs is 1. The van der Waals surface area contributed by atoms with E-state index in [2.05, 4.69) is 15.7 Å². The molecule has 6 heteroatoms. The molecule has 1 atom stereocenters. The molecule has 1 unspecified atom stereocenters. The van der Waals surface area contributed by atoms with Gasteiger partial charge < -0.3 is 14.8 Å². The lowest BCUT2D eigenvalue weighted by Crippen LogP contribution is -2.43. The zero-order valence-electron chi connectivity index (χ0n) is 13.3. The number of aromatic nitrogens is 1. The largest absolute Gasteiger partial charge is 0.485 e. The Kier molecular flexibility index (Phi) is 4.35. The van der Waals surface area contributed by atoms with Crippen molar-refractivity contribution in [3.05, 3.63) is 65.0 Å². The minimum atomic E-state index is -0.645. The van der Waals surface area contributed by atoms with E-state index in [1.807, 2.05) is 41.8 Å². The molecule has 2 aromatic heterocycles. The number of nitrogens with zero attached hydrogens (tertiary/aromatic N) is 1. The number of carbonyl (C=O) groups excluding carboxylic acids is 1. The van der Waals surface area contributed by atoms with Gasteiger partial charge in [0.15, 0.2) is 11.5 Å². The molecule has 0 radical (unpaired) electrons. The molecule has 1 N–H and O–H groups in total. The van der Waals surface area contributed by atoms with E-state index in [-0.39, 0.29) is 12.5 Å². The van der Waals surface area contributed by atoms with Crippen molar-refractivity contribution in [3.8, 4) is 22.8 Å². The van der Waals surface area contributed by atoms with Gasteiger partial charge in [-0.3, -0.25) is 9.78 Å². The summed E-state index contributed by atoms with van der Waals surface area (Å²) in [5.41, 5.74) is 2.97. The predicted molar refractivity (Wildman–Crippen MR) is 95.7 cm³/mol. The number of amides is 1. The minimum absolute atomic E-state index is 0.191. The molecule has 0 spiro atoms. The molecule has 3 aromatic rings. The number of nitrogens with one attached hydrogen (secondary N) is 1. The van der Waals surface area contributed by atoms with Crippen molar-refractivity contribution in [1.29, 1.82) is 0 Å². The normalized spacial score (nSPS) is 15.6. The fourth-order valence-corrected chi connectivity index (χ4v) is 3.25. The Balaban J connectivity index is 1.39. The average Bonchev–Trinajstić information content (AvgIpc) is 3.21. The lowest BCUT2D eigenvalue weighted by atomic mass is 10.1. The van der Waals surface area contributed by atoms with Crippen molar-refractivity contribution in [1.82, 2.24) is 10.3 Å². The highest BCUT2D eigenvalue weighted by Crippen LogP contribution is 2.30. The molecule has 25 heavy (non-hydrogen) atoms. The van der Waals surface area contributed by atoms with Gasteiger partial charge in [-0.15, -0.1) is 0 Å². The second-order valence-corrected chi connectivity index (χ2v) is 6.42. The third-order valence-corrected chi connectivity index (χ3v) is 4.59. The van der Waals surface area contributed by atoms with Crippen LogP contribution in [0.5, 0.6) is 11.5 Å². The van der Waals surface area contributed by atoms with Crippen LogP contribution in [0.4, 0.5) is 0 Å². The number of ether oxygens (including phenoxy) is 2. The number of rotatable bonds is 4. The average molecular weight is 352 g/mol. The molecule has 0 saturated heterocycles. The van der Waals surface area contributed by atoms with E-state index >= 15 is 0 Å². The molecular formula is C19H16N2O3S. The van der Waals surface area contributed by atoms with Crippen LogP contribution in [-0.2, 0) is 11.3 Å². The fourth-order valence-electron chi connectivity index (χ4n) is 2.60. The second-order valence-electron chi connectivity index (χ2n) is 5.64. The van der Waals surface area contributed by atoms with Gasteiger partial charge in [-0.1, -0.05) is 12.1 Å². The Bertz CT molecular complexity index is 880. The highest BCUT2D eigenvalue weighted by atomic mass is 32.1. The summed E-state index contributed by atoms with van der Waals surface area (Å²) in [4.78, 5) is 16.7. The predicted octanol–water partition coefficient (Wildman–Crippen LogP) is 3.27. The van der Waals surface area contributed by atoms with Crippen molar-refractivity contribution in [2.24, 2.45) is 0 Å². The summed E-state index contributed by atoms with van der Waals surface area (Å²) in [6, 6.07) is 13.2. The number of para-hydroxylation sites is 2. The number of thiophene rings is 1. The smallest absolute Gasteiger partial charge is 0.264 e. The van der Waals surface area contributed by atoms with E-state index in [9.17, 15) is 4.79 Å². The number of pyridine rings is 1. The Morgan fingerprint density at radius 2 is 2.12 bits per heavy atom. The van der Waals surface area contributed by atoms with E-state index < -0.39 is 6.10 Å². The molecule has 0 fully saturated rings. The molecule has 1 amide bonds. The first kappa shape index (κ1) is 15.7. The van der Waals surface area contributed by atoms with E-state index in [0.29, 0.717) is 18.0 Å². The minimum Gasteiger partial charge on any atom is -0.485 e. The first-order valence-electron chi connectivity index (χ1n) is 7.93. The van der Waals surface area contributed by atoms with Crippen molar-refractivity contribution in [2.45, 2.75) is 12.6 Å². The molecule has 1 aromatic carbocycles. The van der Waals surface area contributed by atoms with Gasteiger partial charge in [-0.25, -0.2) is 0 Å². The Morgan fingerprint density at radius 1 is 1.24 bits per heavy atom.